The number of nitrogens with zero attached hydrogens (tertiary/aromatic N) is 1. The van der Waals surface area contributed by atoms with Crippen LogP contribution in [0.15, 0.2) is 48.5 Å². The molecule has 2 rings (SSSR count). The van der Waals surface area contributed by atoms with Crippen LogP contribution in [0.1, 0.15) is 11.6 Å². The third-order valence-electron chi connectivity index (χ3n) is 2.80. The second kappa shape index (κ2) is 6.10. The molecule has 6 nitrogen and oxygen atoms in total. The number of benzene rings is 2. The highest BCUT2D eigenvalue weighted by molar-refractivity contribution is 5.95. The van der Waals surface area contributed by atoms with Crippen LogP contribution in [-0.4, -0.2) is 10.8 Å². The molecule has 0 spiro atoms. The molecule has 0 fully saturated rings. The van der Waals surface area contributed by atoms with Crippen LogP contribution < -0.4 is 11.1 Å². The predicted molar refractivity (Wildman–Crippen MR) is 75.1 cm³/mol. The van der Waals surface area contributed by atoms with E-state index in [4.69, 9.17) is 5.73 Å². The average Bonchev–Trinajstić information content (AvgIpc) is 2.46. The summed E-state index contributed by atoms with van der Waals surface area (Å²) in [5.41, 5.74) is 5.91. The smallest absolute Gasteiger partial charge is 0.274 e. The zero-order valence-corrected chi connectivity index (χ0v) is 10.8. The number of rotatable bonds is 4. The van der Waals surface area contributed by atoms with Crippen LogP contribution in [0.4, 0.5) is 15.8 Å². The molecular formula is C14H12FN3O3. The Bertz CT molecular complexity index is 676. The quantitative estimate of drug-likeness (QED) is 0.666. The number of nitro groups is 1. The molecule has 2 aromatic carbocycles. The lowest BCUT2D eigenvalue weighted by molar-refractivity contribution is -0.385. The van der Waals surface area contributed by atoms with Gasteiger partial charge < -0.3 is 11.1 Å². The van der Waals surface area contributed by atoms with Crippen molar-refractivity contribution < 1.29 is 14.1 Å². The molecule has 0 unspecified atom stereocenters. The molecule has 1 amide bonds. The highest BCUT2D eigenvalue weighted by Crippen LogP contribution is 2.21. The van der Waals surface area contributed by atoms with Gasteiger partial charge in [-0.15, -0.1) is 0 Å². The molecule has 0 radical (unpaired) electrons. The van der Waals surface area contributed by atoms with Gasteiger partial charge in [0.15, 0.2) is 0 Å². The van der Waals surface area contributed by atoms with Gasteiger partial charge in [-0.05, 0) is 11.6 Å². The van der Waals surface area contributed by atoms with Crippen molar-refractivity contribution in [3.63, 3.8) is 0 Å². The van der Waals surface area contributed by atoms with Gasteiger partial charge in [0.05, 0.1) is 16.7 Å². The van der Waals surface area contributed by atoms with E-state index in [9.17, 15) is 19.3 Å². The van der Waals surface area contributed by atoms with E-state index in [-0.39, 0.29) is 5.69 Å². The van der Waals surface area contributed by atoms with Crippen LogP contribution in [0.25, 0.3) is 0 Å². The molecule has 0 aromatic heterocycles. The minimum absolute atomic E-state index is 0.0157. The lowest BCUT2D eigenvalue weighted by atomic mass is 10.1. The molecule has 21 heavy (non-hydrogen) atoms. The van der Waals surface area contributed by atoms with Crippen molar-refractivity contribution in [1.29, 1.82) is 0 Å². The summed E-state index contributed by atoms with van der Waals surface area (Å²) in [7, 11) is 0. The third-order valence-corrected chi connectivity index (χ3v) is 2.80. The molecule has 0 heterocycles. The second-order valence-corrected chi connectivity index (χ2v) is 4.33. The van der Waals surface area contributed by atoms with E-state index in [0.717, 1.165) is 18.2 Å². The number of carbonyl (C=O) groups excluding carboxylic acids is 1. The van der Waals surface area contributed by atoms with Crippen molar-refractivity contribution in [1.82, 2.24) is 0 Å². The molecule has 1 atom stereocenters. The first kappa shape index (κ1) is 14.6. The summed E-state index contributed by atoms with van der Waals surface area (Å²) in [6.45, 7) is 0. The molecule has 0 saturated heterocycles. The third kappa shape index (κ3) is 3.61. The molecule has 0 aliphatic carbocycles. The monoisotopic (exact) mass is 289 g/mol. The number of non-ortho nitro benzene ring substituents is 1. The lowest BCUT2D eigenvalue weighted by Crippen LogP contribution is -2.27. The average molecular weight is 289 g/mol. The summed E-state index contributed by atoms with van der Waals surface area (Å²) in [4.78, 5) is 21.9. The van der Waals surface area contributed by atoms with Gasteiger partial charge in [0.2, 0.25) is 5.91 Å². The van der Waals surface area contributed by atoms with Gasteiger partial charge in [-0.2, -0.15) is 0 Å². The minimum Gasteiger partial charge on any atom is -0.324 e. The number of hydrogen-bond acceptors (Lipinski definition) is 4. The Labute approximate surface area is 119 Å². The van der Waals surface area contributed by atoms with Crippen LogP contribution in [0.3, 0.4) is 0 Å². The normalized spacial score (nSPS) is 11.7. The Morgan fingerprint density at radius 2 is 1.90 bits per heavy atom. The van der Waals surface area contributed by atoms with Crippen molar-refractivity contribution >= 4 is 17.3 Å². The summed E-state index contributed by atoms with van der Waals surface area (Å²) in [6.07, 6.45) is 0. The maximum Gasteiger partial charge on any atom is 0.274 e. The first-order chi connectivity index (χ1) is 9.97. The van der Waals surface area contributed by atoms with Crippen molar-refractivity contribution in [3.8, 4) is 0 Å². The number of hydrogen-bond donors (Lipinski definition) is 2. The fraction of sp³-hybridized carbons (Fsp3) is 0.0714. The van der Waals surface area contributed by atoms with Crippen molar-refractivity contribution in [2.24, 2.45) is 5.73 Å². The fourth-order valence-electron chi connectivity index (χ4n) is 1.78. The first-order valence-corrected chi connectivity index (χ1v) is 6.04. The number of nitrogens with two attached hydrogens (primary N) is 1. The Balaban J connectivity index is 2.18. The van der Waals surface area contributed by atoms with E-state index in [2.05, 4.69) is 5.32 Å². The molecule has 0 aliphatic rings. The van der Waals surface area contributed by atoms with Crippen LogP contribution in [0.2, 0.25) is 0 Å². The van der Waals surface area contributed by atoms with E-state index < -0.39 is 28.4 Å². The number of nitro benzene ring substituents is 1. The largest absolute Gasteiger partial charge is 0.324 e. The Kier molecular flexibility index (Phi) is 4.24. The summed E-state index contributed by atoms with van der Waals surface area (Å²) < 4.78 is 13.3. The van der Waals surface area contributed by atoms with Crippen molar-refractivity contribution in [2.75, 3.05) is 5.32 Å². The van der Waals surface area contributed by atoms with E-state index >= 15 is 0 Å². The molecule has 0 bridgehead atoms. The summed E-state index contributed by atoms with van der Waals surface area (Å²) in [5.74, 6) is -1.39. The number of anilines is 1. The Morgan fingerprint density at radius 1 is 1.24 bits per heavy atom. The SMILES string of the molecule is N[C@@H](C(=O)Nc1cc(F)cc([N+](=O)[O-])c1)c1ccccc1. The van der Waals surface area contributed by atoms with Gasteiger partial charge in [-0.25, -0.2) is 4.39 Å². The van der Waals surface area contributed by atoms with Gasteiger partial charge >= 0.3 is 0 Å². The van der Waals surface area contributed by atoms with Crippen LogP contribution in [0, 0.1) is 15.9 Å². The van der Waals surface area contributed by atoms with E-state index in [1.165, 1.54) is 0 Å². The van der Waals surface area contributed by atoms with Gasteiger partial charge in [0.1, 0.15) is 11.9 Å². The van der Waals surface area contributed by atoms with E-state index in [1.54, 1.807) is 30.3 Å². The fourth-order valence-corrected chi connectivity index (χ4v) is 1.78. The predicted octanol–water partition coefficient (Wildman–Crippen LogP) is 2.37. The minimum atomic E-state index is -0.950. The van der Waals surface area contributed by atoms with Gasteiger partial charge in [-0.1, -0.05) is 30.3 Å². The highest BCUT2D eigenvalue weighted by atomic mass is 19.1. The number of nitrogens with one attached hydrogen (secondary N) is 1. The zero-order valence-electron chi connectivity index (χ0n) is 10.8. The Hall–Kier alpha value is -2.80. The molecular weight excluding hydrogens is 277 g/mol. The standard InChI is InChI=1S/C14H12FN3O3/c15-10-6-11(8-12(7-10)18(20)21)17-14(19)13(16)9-4-2-1-3-5-9/h1-8,13H,16H2,(H,17,19)/t13-/m1/s1. The Morgan fingerprint density at radius 3 is 2.52 bits per heavy atom. The summed E-state index contributed by atoms with van der Waals surface area (Å²) >= 11 is 0. The topological polar surface area (TPSA) is 98.3 Å². The highest BCUT2D eigenvalue weighted by Gasteiger charge is 2.17. The molecule has 7 heteroatoms. The maximum absolute atomic E-state index is 13.3. The molecule has 108 valence electrons. The summed E-state index contributed by atoms with van der Waals surface area (Å²) in [6, 6.07) is 10.5. The zero-order chi connectivity index (χ0) is 15.4. The van der Waals surface area contributed by atoms with Crippen LogP contribution in [-0.2, 0) is 4.79 Å². The van der Waals surface area contributed by atoms with Gasteiger partial charge in [0, 0.05) is 6.07 Å². The van der Waals surface area contributed by atoms with E-state index in [1.807, 2.05) is 0 Å². The molecule has 0 aliphatic heterocycles. The molecule has 2 aromatic rings. The molecule has 3 N–H and O–H groups in total. The maximum atomic E-state index is 13.3. The first-order valence-electron chi connectivity index (χ1n) is 6.04. The number of amides is 1. The number of halogens is 1. The van der Waals surface area contributed by atoms with Gasteiger partial charge in [-0.3, -0.25) is 14.9 Å². The summed E-state index contributed by atoms with van der Waals surface area (Å²) in [5, 5.41) is 13.0. The lowest BCUT2D eigenvalue weighted by Gasteiger charge is -2.12. The van der Waals surface area contributed by atoms with Crippen molar-refractivity contribution in [2.45, 2.75) is 6.04 Å². The molecule has 0 saturated carbocycles. The van der Waals surface area contributed by atoms with Crippen molar-refractivity contribution in [3.05, 3.63) is 70.0 Å². The second-order valence-electron chi connectivity index (χ2n) is 4.33. The van der Waals surface area contributed by atoms with Crippen LogP contribution in [0.5, 0.6) is 0 Å². The van der Waals surface area contributed by atoms with E-state index in [0.29, 0.717) is 5.56 Å². The van der Waals surface area contributed by atoms with Gasteiger partial charge in [0.25, 0.3) is 5.69 Å². The number of carbonyl (C=O) groups is 1. The van der Waals surface area contributed by atoms with Crippen LogP contribution >= 0.6 is 0 Å².